The SMILES string of the molecule is CCCCCCCCCCCCCCCCCCCOc1cc(Nc2nc(Nc3cc(OCCCCCCCCCCCCCCCCCCC)c(OCCCCCCCCCCCCCCCCCCC)c(OCCCCCCCCCCCCCCCCCCC)c3)nc(-c3cc[c]cc3)n2)cc(OCCCCCCCCCCCCCCCCCCC)c1OCCCCCCCCCCCCCCCCCCC. The van der Waals surface area contributed by atoms with Crippen LogP contribution in [0.25, 0.3) is 11.4 Å². The van der Waals surface area contributed by atoms with Crippen molar-refractivity contribution >= 4 is 23.3 Å². The van der Waals surface area contributed by atoms with Crippen molar-refractivity contribution in [1.82, 2.24) is 15.0 Å². The van der Waals surface area contributed by atoms with Crippen molar-refractivity contribution in [2.24, 2.45) is 0 Å². The van der Waals surface area contributed by atoms with Crippen molar-refractivity contribution in [2.75, 3.05) is 50.3 Å². The second-order valence-electron chi connectivity index (χ2n) is 45.5. The number of ether oxygens (including phenoxy) is 6. The molecule has 0 bridgehead atoms. The zero-order valence-corrected chi connectivity index (χ0v) is 98.3. The summed E-state index contributed by atoms with van der Waals surface area (Å²) in [6.07, 6.45) is 137. The van der Waals surface area contributed by atoms with Gasteiger partial charge in [-0.15, -0.1) is 0 Å². The van der Waals surface area contributed by atoms with Crippen LogP contribution in [0, 0.1) is 6.07 Å². The standard InChI is InChI=1S/C135H244N5O6/c1-7-13-19-25-31-37-43-49-55-61-67-73-79-85-91-97-106-114-141-127-120-125(121-128(142-115-107-98-92-86-80-74-68-62-56-50-44-38-32-26-20-14-8-2)131(127)145-118-110-101-95-89-83-77-71-65-59-53-47-41-35-29-23-17-11-5)136-134-138-133(124-112-104-103-105-113-124)139-135(140-134)137-126-122-129(143-116-108-99-93-87-81-75-69-63-57-51-45-39-33-27-21-15-9-3)132(146-119-111-102-96-90-84-78-72-66-60-54-48-42-36-30-24-18-12-6)130(123-126)144-117-109-100-94-88-82-76-70-64-58-52-46-40-34-28-22-16-10-4/h104-105,112-113,120-123H,7-102,106-111,114-119H2,1-6H3,(H2,136,137,138,139,140). The van der Waals surface area contributed by atoms with E-state index in [2.05, 4.69) is 82.5 Å². The monoisotopic (exact) mass is 2030 g/mol. The molecule has 4 rings (SSSR count). The molecule has 1 aromatic heterocycles. The summed E-state index contributed by atoms with van der Waals surface area (Å²) in [5.74, 6) is 5.60. The number of rotatable bonds is 119. The normalized spacial score (nSPS) is 11.6. The van der Waals surface area contributed by atoms with Gasteiger partial charge in [0.05, 0.1) is 39.6 Å². The molecule has 3 aromatic carbocycles. The lowest BCUT2D eigenvalue weighted by Gasteiger charge is -2.20. The van der Waals surface area contributed by atoms with Crippen LogP contribution in [0.15, 0.2) is 48.5 Å². The first-order chi connectivity index (χ1) is 72.5. The Morgan fingerprint density at radius 3 is 0.459 bits per heavy atom. The minimum absolute atomic E-state index is 0.403. The van der Waals surface area contributed by atoms with E-state index in [0.717, 1.165) is 94.0 Å². The fraction of sp³-hybridized carbons (Fsp3) is 0.844. The highest BCUT2D eigenvalue weighted by Crippen LogP contribution is 2.45. The van der Waals surface area contributed by atoms with Crippen molar-refractivity contribution in [3.05, 3.63) is 54.6 Å². The highest BCUT2D eigenvalue weighted by Gasteiger charge is 2.22. The second-order valence-corrected chi connectivity index (χ2v) is 45.5. The van der Waals surface area contributed by atoms with Gasteiger partial charge in [-0.25, -0.2) is 0 Å². The van der Waals surface area contributed by atoms with Crippen LogP contribution in [0.3, 0.4) is 0 Å². The largest absolute Gasteiger partial charge is 0.489 e. The van der Waals surface area contributed by atoms with Crippen molar-refractivity contribution in [3.8, 4) is 45.9 Å². The van der Waals surface area contributed by atoms with Gasteiger partial charge in [-0.05, 0) is 44.6 Å². The Hall–Kier alpha value is -4.93. The van der Waals surface area contributed by atoms with E-state index in [4.69, 9.17) is 43.4 Å². The molecule has 1 heterocycles. The molecule has 0 fully saturated rings. The Bertz CT molecular complexity index is 3000. The molecule has 11 heteroatoms. The average molecular weight is 2030 g/mol. The van der Waals surface area contributed by atoms with E-state index in [0.29, 0.717) is 91.9 Å². The minimum atomic E-state index is 0.403. The molecule has 2 N–H and O–H groups in total. The van der Waals surface area contributed by atoms with Gasteiger partial charge in [0.25, 0.3) is 0 Å². The number of nitrogens with zero attached hydrogens (tertiary/aromatic N) is 3. The fourth-order valence-electron chi connectivity index (χ4n) is 21.5. The summed E-state index contributed by atoms with van der Waals surface area (Å²) in [5.41, 5.74) is 2.41. The van der Waals surface area contributed by atoms with Crippen LogP contribution in [-0.2, 0) is 0 Å². The molecule has 0 spiro atoms. The molecule has 0 saturated heterocycles. The predicted molar refractivity (Wildman–Crippen MR) is 641 cm³/mol. The summed E-state index contributed by atoms with van der Waals surface area (Å²) in [4.78, 5) is 15.8. The molecule has 845 valence electrons. The third-order valence-corrected chi connectivity index (χ3v) is 31.2. The molecule has 146 heavy (non-hydrogen) atoms. The maximum atomic E-state index is 7.05. The van der Waals surface area contributed by atoms with Gasteiger partial charge >= 0.3 is 0 Å². The Morgan fingerprint density at radius 1 is 0.171 bits per heavy atom. The lowest BCUT2D eigenvalue weighted by Crippen LogP contribution is -2.09. The van der Waals surface area contributed by atoms with Gasteiger partial charge in [-0.2, -0.15) is 15.0 Å². The van der Waals surface area contributed by atoms with Gasteiger partial charge in [-0.3, -0.25) is 0 Å². The minimum Gasteiger partial charge on any atom is -0.489 e. The average Bonchev–Trinajstić information content (AvgIpc) is 0.801. The highest BCUT2D eigenvalue weighted by molar-refractivity contribution is 5.70. The molecule has 0 aliphatic rings. The molecular weight excluding hydrogens is 1790 g/mol. The van der Waals surface area contributed by atoms with Crippen LogP contribution >= 0.6 is 0 Å². The molecule has 0 unspecified atom stereocenters. The first-order valence-corrected chi connectivity index (χ1v) is 65.9. The lowest BCUT2D eigenvalue weighted by atomic mass is 10.0. The van der Waals surface area contributed by atoms with Crippen LogP contribution in [0.4, 0.5) is 23.3 Å². The Kier molecular flexibility index (Phi) is 97.8. The maximum Gasteiger partial charge on any atom is 0.232 e. The number of nitrogens with one attached hydrogen (secondary N) is 2. The smallest absolute Gasteiger partial charge is 0.232 e. The molecule has 0 saturated carbocycles. The molecule has 1 radical (unpaired) electrons. The van der Waals surface area contributed by atoms with Crippen LogP contribution < -0.4 is 39.1 Å². The Morgan fingerprint density at radius 2 is 0.308 bits per heavy atom. The van der Waals surface area contributed by atoms with Gasteiger partial charge in [-0.1, -0.05) is 682 Å². The third kappa shape index (κ3) is 82.7. The van der Waals surface area contributed by atoms with Gasteiger partial charge in [0.1, 0.15) is 0 Å². The van der Waals surface area contributed by atoms with Crippen LogP contribution in [0.2, 0.25) is 0 Å². The molecule has 0 atom stereocenters. The number of hydrogen-bond donors (Lipinski definition) is 2. The topological polar surface area (TPSA) is 118 Å². The van der Waals surface area contributed by atoms with Gasteiger partial charge in [0, 0.05) is 41.2 Å². The van der Waals surface area contributed by atoms with Gasteiger partial charge in [0.15, 0.2) is 28.8 Å². The first-order valence-electron chi connectivity index (χ1n) is 65.9. The summed E-state index contributed by atoms with van der Waals surface area (Å²) < 4.78 is 42.3. The van der Waals surface area contributed by atoms with E-state index >= 15 is 0 Å². The summed E-state index contributed by atoms with van der Waals surface area (Å²) in [5, 5.41) is 7.50. The molecular formula is C135H244N5O6. The van der Waals surface area contributed by atoms with Crippen molar-refractivity contribution in [2.45, 2.75) is 696 Å². The number of hydrogen-bond acceptors (Lipinski definition) is 11. The Labute approximate surface area is 908 Å². The highest BCUT2D eigenvalue weighted by atomic mass is 16.5. The second kappa shape index (κ2) is 107. The van der Waals surface area contributed by atoms with Crippen molar-refractivity contribution in [3.63, 3.8) is 0 Å². The first kappa shape index (κ1) is 133. The van der Waals surface area contributed by atoms with Crippen molar-refractivity contribution < 1.29 is 28.4 Å². The molecule has 0 aliphatic heterocycles. The van der Waals surface area contributed by atoms with E-state index in [1.165, 1.54) is 578 Å². The summed E-state index contributed by atoms with van der Waals surface area (Å²) in [6, 6.07) is 19.7. The van der Waals surface area contributed by atoms with E-state index < -0.39 is 0 Å². The number of benzene rings is 3. The summed E-state index contributed by atoms with van der Waals surface area (Å²) in [7, 11) is 0. The van der Waals surface area contributed by atoms with E-state index in [-0.39, 0.29) is 0 Å². The van der Waals surface area contributed by atoms with Gasteiger partial charge in [0.2, 0.25) is 23.4 Å². The Balaban J connectivity index is 1.66. The van der Waals surface area contributed by atoms with Crippen LogP contribution in [-0.4, -0.2) is 54.6 Å². The molecule has 0 aliphatic carbocycles. The number of aromatic nitrogens is 3. The summed E-state index contributed by atoms with van der Waals surface area (Å²) in [6.45, 7) is 17.5. The zero-order valence-electron chi connectivity index (χ0n) is 98.3. The van der Waals surface area contributed by atoms with Crippen LogP contribution in [0.1, 0.15) is 696 Å². The molecule has 11 nitrogen and oxygen atoms in total. The number of anilines is 4. The van der Waals surface area contributed by atoms with Gasteiger partial charge < -0.3 is 39.1 Å². The maximum absolute atomic E-state index is 7.05. The molecule has 0 amide bonds. The van der Waals surface area contributed by atoms with Crippen LogP contribution in [0.5, 0.6) is 34.5 Å². The van der Waals surface area contributed by atoms with E-state index in [1.54, 1.807) is 0 Å². The summed E-state index contributed by atoms with van der Waals surface area (Å²) >= 11 is 0. The van der Waals surface area contributed by atoms with E-state index in [1.807, 2.05) is 24.3 Å². The van der Waals surface area contributed by atoms with E-state index in [9.17, 15) is 0 Å². The van der Waals surface area contributed by atoms with Crippen molar-refractivity contribution in [1.29, 1.82) is 0 Å². The third-order valence-electron chi connectivity index (χ3n) is 31.2. The molecule has 4 aromatic rings. The number of unbranched alkanes of at least 4 members (excludes halogenated alkanes) is 96. The quantitative estimate of drug-likeness (QED) is 0.0412. The lowest BCUT2D eigenvalue weighted by molar-refractivity contribution is 0.234. The zero-order chi connectivity index (χ0) is 103. The fourth-order valence-corrected chi connectivity index (χ4v) is 21.5. The predicted octanol–water partition coefficient (Wildman–Crippen LogP) is 47.0.